The van der Waals surface area contributed by atoms with Crippen LogP contribution in [0.1, 0.15) is 56.9 Å². The van der Waals surface area contributed by atoms with Gasteiger partial charge in [0.1, 0.15) is 0 Å². The number of anilines is 2. The molecular weight excluding hydrogens is 270 g/mol. The van der Waals surface area contributed by atoms with Crippen molar-refractivity contribution in [1.82, 2.24) is 5.32 Å². The Morgan fingerprint density at radius 1 is 1.05 bits per heavy atom. The first kappa shape index (κ1) is 15.7. The van der Waals surface area contributed by atoms with Crippen molar-refractivity contribution in [3.63, 3.8) is 0 Å². The summed E-state index contributed by atoms with van der Waals surface area (Å²) in [7, 11) is 0. The second-order valence-electron chi connectivity index (χ2n) is 6.98. The van der Waals surface area contributed by atoms with Gasteiger partial charge < -0.3 is 16.0 Å². The molecule has 1 saturated heterocycles. The van der Waals surface area contributed by atoms with Crippen LogP contribution in [-0.4, -0.2) is 25.7 Å². The zero-order valence-electron chi connectivity index (χ0n) is 13.8. The molecule has 3 N–H and O–H groups in total. The summed E-state index contributed by atoms with van der Waals surface area (Å²) < 4.78 is 0. The SMILES string of the molecule is Nc1cc(CCCNC2CCCCC2)ccc1N1CCCC1. The minimum absolute atomic E-state index is 0.774. The van der Waals surface area contributed by atoms with E-state index in [1.165, 1.54) is 62.6 Å². The largest absolute Gasteiger partial charge is 0.397 e. The van der Waals surface area contributed by atoms with E-state index in [0.29, 0.717) is 0 Å². The van der Waals surface area contributed by atoms with Gasteiger partial charge in [-0.15, -0.1) is 0 Å². The molecule has 3 nitrogen and oxygen atoms in total. The average Bonchev–Trinajstić information content (AvgIpc) is 3.07. The average molecular weight is 301 g/mol. The minimum Gasteiger partial charge on any atom is -0.397 e. The minimum atomic E-state index is 0.774. The molecule has 1 aromatic rings. The van der Waals surface area contributed by atoms with E-state index in [2.05, 4.69) is 28.4 Å². The highest BCUT2D eigenvalue weighted by Crippen LogP contribution is 2.28. The van der Waals surface area contributed by atoms with Crippen molar-refractivity contribution in [3.8, 4) is 0 Å². The van der Waals surface area contributed by atoms with Crippen molar-refractivity contribution in [2.75, 3.05) is 30.3 Å². The zero-order valence-corrected chi connectivity index (χ0v) is 13.8. The van der Waals surface area contributed by atoms with Crippen molar-refractivity contribution in [2.24, 2.45) is 0 Å². The van der Waals surface area contributed by atoms with Crippen LogP contribution in [0.3, 0.4) is 0 Å². The molecule has 1 aliphatic carbocycles. The second kappa shape index (κ2) is 7.87. The van der Waals surface area contributed by atoms with Crippen LogP contribution in [0.15, 0.2) is 18.2 Å². The molecule has 3 heteroatoms. The third-order valence-corrected chi connectivity index (χ3v) is 5.22. The Kier molecular flexibility index (Phi) is 5.60. The normalized spacial score (nSPS) is 19.7. The van der Waals surface area contributed by atoms with Crippen LogP contribution in [0.5, 0.6) is 0 Å². The predicted octanol–water partition coefficient (Wildman–Crippen LogP) is 3.72. The molecule has 22 heavy (non-hydrogen) atoms. The van der Waals surface area contributed by atoms with Crippen LogP contribution in [0.25, 0.3) is 0 Å². The fourth-order valence-corrected chi connectivity index (χ4v) is 3.91. The lowest BCUT2D eigenvalue weighted by Gasteiger charge is -2.23. The van der Waals surface area contributed by atoms with E-state index in [9.17, 15) is 0 Å². The van der Waals surface area contributed by atoms with Gasteiger partial charge >= 0.3 is 0 Å². The summed E-state index contributed by atoms with van der Waals surface area (Å²) in [5, 5.41) is 3.72. The van der Waals surface area contributed by atoms with Crippen LogP contribution in [0.4, 0.5) is 11.4 Å². The van der Waals surface area contributed by atoms with Crippen molar-refractivity contribution in [3.05, 3.63) is 23.8 Å². The number of hydrogen-bond acceptors (Lipinski definition) is 3. The fourth-order valence-electron chi connectivity index (χ4n) is 3.91. The molecule has 0 radical (unpaired) electrons. The third kappa shape index (κ3) is 4.16. The van der Waals surface area contributed by atoms with Crippen molar-refractivity contribution in [1.29, 1.82) is 0 Å². The number of nitrogen functional groups attached to an aromatic ring is 1. The maximum Gasteiger partial charge on any atom is 0.0600 e. The molecule has 122 valence electrons. The van der Waals surface area contributed by atoms with Crippen LogP contribution in [0, 0.1) is 0 Å². The summed E-state index contributed by atoms with van der Waals surface area (Å²) in [4.78, 5) is 2.42. The molecule has 0 aromatic heterocycles. The Bertz CT molecular complexity index is 460. The highest BCUT2D eigenvalue weighted by Gasteiger charge is 2.15. The maximum absolute atomic E-state index is 6.27. The van der Waals surface area contributed by atoms with Gasteiger partial charge in [0.2, 0.25) is 0 Å². The topological polar surface area (TPSA) is 41.3 Å². The monoisotopic (exact) mass is 301 g/mol. The van der Waals surface area contributed by atoms with Crippen molar-refractivity contribution in [2.45, 2.75) is 63.8 Å². The first-order valence-electron chi connectivity index (χ1n) is 9.20. The summed E-state index contributed by atoms with van der Waals surface area (Å²) in [6.07, 6.45) is 11.9. The molecule has 0 unspecified atom stereocenters. The predicted molar refractivity (Wildman–Crippen MR) is 95.5 cm³/mol. The van der Waals surface area contributed by atoms with Gasteiger partial charge in [-0.25, -0.2) is 0 Å². The van der Waals surface area contributed by atoms with Crippen LogP contribution in [-0.2, 0) is 6.42 Å². The first-order chi connectivity index (χ1) is 10.8. The second-order valence-corrected chi connectivity index (χ2v) is 6.98. The van der Waals surface area contributed by atoms with Crippen molar-refractivity contribution < 1.29 is 0 Å². The highest BCUT2D eigenvalue weighted by atomic mass is 15.1. The lowest BCUT2D eigenvalue weighted by Crippen LogP contribution is -2.31. The van der Waals surface area contributed by atoms with E-state index in [1.807, 2.05) is 0 Å². The van der Waals surface area contributed by atoms with Gasteiger partial charge in [-0.05, 0) is 62.8 Å². The maximum atomic E-state index is 6.27. The molecule has 0 atom stereocenters. The van der Waals surface area contributed by atoms with Gasteiger partial charge in [-0.1, -0.05) is 25.3 Å². The van der Waals surface area contributed by atoms with E-state index in [4.69, 9.17) is 5.73 Å². The van der Waals surface area contributed by atoms with Crippen LogP contribution >= 0.6 is 0 Å². The van der Waals surface area contributed by atoms with Gasteiger partial charge in [0.15, 0.2) is 0 Å². The Hall–Kier alpha value is -1.22. The molecule has 0 amide bonds. The van der Waals surface area contributed by atoms with E-state index < -0.39 is 0 Å². The lowest BCUT2D eigenvalue weighted by atomic mass is 9.95. The summed E-state index contributed by atoms with van der Waals surface area (Å²) in [5.74, 6) is 0. The van der Waals surface area contributed by atoms with Crippen LogP contribution in [0.2, 0.25) is 0 Å². The van der Waals surface area contributed by atoms with Gasteiger partial charge in [-0.2, -0.15) is 0 Å². The van der Waals surface area contributed by atoms with Crippen LogP contribution < -0.4 is 16.0 Å². The van der Waals surface area contributed by atoms with Gasteiger partial charge in [0, 0.05) is 19.1 Å². The fraction of sp³-hybridized carbons (Fsp3) is 0.684. The number of aryl methyl sites for hydroxylation is 1. The first-order valence-corrected chi connectivity index (χ1v) is 9.20. The Labute approximate surface area is 135 Å². The highest BCUT2D eigenvalue weighted by molar-refractivity contribution is 5.68. The summed E-state index contributed by atoms with van der Waals surface area (Å²) >= 11 is 0. The van der Waals surface area contributed by atoms with Gasteiger partial charge in [0.25, 0.3) is 0 Å². The van der Waals surface area contributed by atoms with E-state index in [1.54, 1.807) is 0 Å². The molecule has 0 spiro atoms. The smallest absolute Gasteiger partial charge is 0.0600 e. The summed E-state index contributed by atoms with van der Waals surface area (Å²) in [5.41, 5.74) is 9.84. The summed E-state index contributed by atoms with van der Waals surface area (Å²) in [6, 6.07) is 7.46. The number of rotatable bonds is 6. The summed E-state index contributed by atoms with van der Waals surface area (Å²) in [6.45, 7) is 3.46. The molecular formula is C19H31N3. The molecule has 2 fully saturated rings. The number of hydrogen-bond donors (Lipinski definition) is 2. The molecule has 0 bridgehead atoms. The standard InChI is InChI=1S/C19H31N3/c20-18-15-16(10-11-19(18)22-13-4-5-14-22)7-6-12-21-17-8-2-1-3-9-17/h10-11,15,17,21H,1-9,12-14,20H2. The molecule has 3 rings (SSSR count). The zero-order chi connectivity index (χ0) is 15.2. The lowest BCUT2D eigenvalue weighted by molar-refractivity contribution is 0.372. The number of benzene rings is 1. The molecule has 1 saturated carbocycles. The number of nitrogens with one attached hydrogen (secondary N) is 1. The van der Waals surface area contributed by atoms with E-state index in [-0.39, 0.29) is 0 Å². The van der Waals surface area contributed by atoms with Gasteiger partial charge in [-0.3, -0.25) is 0 Å². The number of nitrogens with two attached hydrogens (primary N) is 1. The van der Waals surface area contributed by atoms with Gasteiger partial charge in [0.05, 0.1) is 11.4 Å². The van der Waals surface area contributed by atoms with E-state index >= 15 is 0 Å². The molecule has 1 aliphatic heterocycles. The Balaban J connectivity index is 1.43. The van der Waals surface area contributed by atoms with E-state index in [0.717, 1.165) is 37.8 Å². The van der Waals surface area contributed by atoms with Crippen molar-refractivity contribution >= 4 is 11.4 Å². The number of nitrogens with zero attached hydrogens (tertiary/aromatic N) is 1. The quantitative estimate of drug-likeness (QED) is 0.621. The Morgan fingerprint density at radius 2 is 1.82 bits per heavy atom. The molecule has 1 heterocycles. The molecule has 2 aliphatic rings. The molecule has 1 aromatic carbocycles. The third-order valence-electron chi connectivity index (χ3n) is 5.22. The Morgan fingerprint density at radius 3 is 2.55 bits per heavy atom.